The maximum atomic E-state index is 11.4. The van der Waals surface area contributed by atoms with Gasteiger partial charge in [0.05, 0.1) is 36.9 Å². The van der Waals surface area contributed by atoms with Gasteiger partial charge in [-0.3, -0.25) is 0 Å². The van der Waals surface area contributed by atoms with E-state index in [0.717, 1.165) is 53.3 Å². The van der Waals surface area contributed by atoms with E-state index in [1.165, 1.54) is 0 Å². The molecule has 0 aliphatic rings. The monoisotopic (exact) mass is 599 g/mol. The first-order chi connectivity index (χ1) is 17.6. The quantitative estimate of drug-likeness (QED) is 0.211. The van der Waals surface area contributed by atoms with Crippen molar-refractivity contribution >= 4 is 53.7 Å². The van der Waals surface area contributed by atoms with E-state index in [4.69, 9.17) is 4.98 Å². The van der Waals surface area contributed by atoms with Crippen molar-refractivity contribution < 1.29 is 5.11 Å². The molecular weight excluding hydrogens is 578 g/mol. The summed E-state index contributed by atoms with van der Waals surface area (Å²) >= 11 is 7.22. The standard InChI is InChI=1S/C30H23Br2N3O/c31-22-11-13-27-25(15-22)26-16-23(32)12-14-28(26)35(27)18-24(36)17-34-19-33-29(20-7-3-1-4-8-20)30(34)21-9-5-2-6-10-21/h1-16,19,24,36H,17-18H2/t24-/m1/s1. The van der Waals surface area contributed by atoms with Crippen LogP contribution in [0.1, 0.15) is 0 Å². The second kappa shape index (κ2) is 9.69. The molecule has 2 aromatic heterocycles. The predicted octanol–water partition coefficient (Wildman–Crippen LogP) is 7.91. The number of hydrogen-bond acceptors (Lipinski definition) is 2. The van der Waals surface area contributed by atoms with Crippen molar-refractivity contribution in [1.29, 1.82) is 0 Å². The zero-order chi connectivity index (χ0) is 24.6. The lowest BCUT2D eigenvalue weighted by atomic mass is 10.0. The first-order valence-electron chi connectivity index (χ1n) is 11.8. The molecule has 4 aromatic carbocycles. The van der Waals surface area contributed by atoms with Crippen LogP contribution >= 0.6 is 31.9 Å². The highest BCUT2D eigenvalue weighted by molar-refractivity contribution is 9.10. The molecule has 6 heteroatoms. The number of rotatable bonds is 6. The number of aromatic nitrogens is 3. The fourth-order valence-electron chi connectivity index (χ4n) is 4.97. The number of aliphatic hydroxyl groups is 1. The molecule has 6 aromatic rings. The Morgan fingerprint density at radius 1 is 0.694 bits per heavy atom. The molecular formula is C30H23Br2N3O. The molecule has 0 saturated carbocycles. The third kappa shape index (κ3) is 4.30. The van der Waals surface area contributed by atoms with Gasteiger partial charge >= 0.3 is 0 Å². The van der Waals surface area contributed by atoms with Gasteiger partial charge in [-0.15, -0.1) is 0 Å². The summed E-state index contributed by atoms with van der Waals surface area (Å²) in [6, 6.07) is 33.1. The van der Waals surface area contributed by atoms with Crippen LogP contribution in [0.2, 0.25) is 0 Å². The third-order valence-corrected chi connectivity index (χ3v) is 7.51. The molecule has 1 N–H and O–H groups in total. The molecule has 178 valence electrons. The Labute approximate surface area is 226 Å². The minimum atomic E-state index is -0.614. The van der Waals surface area contributed by atoms with E-state index in [-0.39, 0.29) is 0 Å². The predicted molar refractivity (Wildman–Crippen MR) is 154 cm³/mol. The highest BCUT2D eigenvalue weighted by atomic mass is 79.9. The minimum Gasteiger partial charge on any atom is -0.389 e. The number of halogens is 2. The summed E-state index contributed by atoms with van der Waals surface area (Å²) in [5.74, 6) is 0. The normalized spacial score (nSPS) is 12.4. The molecule has 0 aliphatic heterocycles. The van der Waals surface area contributed by atoms with Crippen LogP contribution in [0.4, 0.5) is 0 Å². The Bertz CT molecular complexity index is 1610. The maximum Gasteiger partial charge on any atom is 0.0963 e. The van der Waals surface area contributed by atoms with Crippen LogP contribution in [0.5, 0.6) is 0 Å². The minimum absolute atomic E-state index is 0.429. The summed E-state index contributed by atoms with van der Waals surface area (Å²) in [5, 5.41) is 13.7. The highest BCUT2D eigenvalue weighted by Crippen LogP contribution is 2.34. The fraction of sp³-hybridized carbons (Fsp3) is 0.100. The van der Waals surface area contributed by atoms with Crippen LogP contribution in [0.15, 0.2) is 112 Å². The second-order valence-electron chi connectivity index (χ2n) is 8.91. The Morgan fingerprint density at radius 2 is 1.25 bits per heavy atom. The summed E-state index contributed by atoms with van der Waals surface area (Å²) in [5.41, 5.74) is 6.26. The topological polar surface area (TPSA) is 43.0 Å². The number of imidazole rings is 1. The SMILES string of the molecule is O[C@H](Cn1cnc(-c2ccccc2)c1-c1ccccc1)Cn1c2ccc(Br)cc2c2cc(Br)ccc21. The van der Waals surface area contributed by atoms with Gasteiger partial charge in [0.1, 0.15) is 0 Å². The summed E-state index contributed by atoms with van der Waals surface area (Å²) in [4.78, 5) is 4.77. The van der Waals surface area contributed by atoms with Crippen LogP contribution in [-0.2, 0) is 13.1 Å². The van der Waals surface area contributed by atoms with Gasteiger partial charge in [0, 0.05) is 41.9 Å². The molecule has 36 heavy (non-hydrogen) atoms. The van der Waals surface area contributed by atoms with Crippen molar-refractivity contribution in [1.82, 2.24) is 14.1 Å². The van der Waals surface area contributed by atoms with Crippen molar-refractivity contribution in [2.75, 3.05) is 0 Å². The van der Waals surface area contributed by atoms with Crippen LogP contribution in [0.3, 0.4) is 0 Å². The maximum absolute atomic E-state index is 11.4. The Morgan fingerprint density at radius 3 is 1.83 bits per heavy atom. The van der Waals surface area contributed by atoms with E-state index in [9.17, 15) is 5.11 Å². The zero-order valence-electron chi connectivity index (χ0n) is 19.4. The first-order valence-corrected chi connectivity index (χ1v) is 13.4. The molecule has 0 fully saturated rings. The average Bonchev–Trinajstić information content (AvgIpc) is 3.44. The molecule has 0 unspecified atom stereocenters. The number of fused-ring (bicyclic) bond motifs is 3. The summed E-state index contributed by atoms with van der Waals surface area (Å²) in [6.07, 6.45) is 1.23. The Hall–Kier alpha value is -3.19. The van der Waals surface area contributed by atoms with Crippen LogP contribution < -0.4 is 0 Å². The molecule has 0 amide bonds. The lowest BCUT2D eigenvalue weighted by Crippen LogP contribution is -2.22. The van der Waals surface area contributed by atoms with Gasteiger partial charge in [0.15, 0.2) is 0 Å². The van der Waals surface area contributed by atoms with E-state index in [1.807, 2.05) is 42.7 Å². The van der Waals surface area contributed by atoms with Crippen molar-refractivity contribution in [2.24, 2.45) is 0 Å². The third-order valence-electron chi connectivity index (χ3n) is 6.52. The van der Waals surface area contributed by atoms with Gasteiger partial charge in [0.25, 0.3) is 0 Å². The zero-order valence-corrected chi connectivity index (χ0v) is 22.5. The highest BCUT2D eigenvalue weighted by Gasteiger charge is 2.19. The van der Waals surface area contributed by atoms with Crippen LogP contribution in [0, 0.1) is 0 Å². The first kappa shape index (κ1) is 23.2. The number of aliphatic hydroxyl groups excluding tert-OH is 1. The molecule has 1 atom stereocenters. The van der Waals surface area contributed by atoms with Crippen molar-refractivity contribution in [3.8, 4) is 22.5 Å². The lowest BCUT2D eigenvalue weighted by Gasteiger charge is -2.17. The molecule has 0 aliphatic carbocycles. The Kier molecular flexibility index (Phi) is 6.25. The van der Waals surface area contributed by atoms with Crippen molar-refractivity contribution in [2.45, 2.75) is 19.2 Å². The van der Waals surface area contributed by atoms with E-state index >= 15 is 0 Å². The Balaban J connectivity index is 1.39. The molecule has 6 rings (SSSR count). The van der Waals surface area contributed by atoms with Crippen molar-refractivity contribution in [3.05, 3.63) is 112 Å². The summed E-state index contributed by atoms with van der Waals surface area (Å²) in [6.45, 7) is 0.897. The van der Waals surface area contributed by atoms with E-state index in [0.29, 0.717) is 13.1 Å². The molecule has 2 heterocycles. The van der Waals surface area contributed by atoms with Gasteiger partial charge in [0.2, 0.25) is 0 Å². The van der Waals surface area contributed by atoms with Gasteiger partial charge in [-0.05, 0) is 36.4 Å². The molecule has 0 radical (unpaired) electrons. The number of nitrogens with zero attached hydrogens (tertiary/aromatic N) is 3. The average molecular weight is 601 g/mol. The van der Waals surface area contributed by atoms with E-state index in [1.54, 1.807) is 0 Å². The number of hydrogen-bond donors (Lipinski definition) is 1. The van der Waals surface area contributed by atoms with Crippen molar-refractivity contribution in [3.63, 3.8) is 0 Å². The summed E-state index contributed by atoms with van der Waals surface area (Å²) in [7, 11) is 0. The second-order valence-corrected chi connectivity index (χ2v) is 10.7. The number of benzene rings is 4. The molecule has 0 saturated heterocycles. The smallest absolute Gasteiger partial charge is 0.0963 e. The largest absolute Gasteiger partial charge is 0.389 e. The lowest BCUT2D eigenvalue weighted by molar-refractivity contribution is 0.137. The molecule has 4 nitrogen and oxygen atoms in total. The molecule has 0 bridgehead atoms. The van der Waals surface area contributed by atoms with E-state index < -0.39 is 6.10 Å². The van der Waals surface area contributed by atoms with Gasteiger partial charge in [-0.2, -0.15) is 0 Å². The van der Waals surface area contributed by atoms with Crippen LogP contribution in [-0.4, -0.2) is 25.3 Å². The fourth-order valence-corrected chi connectivity index (χ4v) is 5.69. The van der Waals surface area contributed by atoms with Crippen LogP contribution in [0.25, 0.3) is 44.3 Å². The van der Waals surface area contributed by atoms with Gasteiger partial charge in [-0.25, -0.2) is 4.98 Å². The van der Waals surface area contributed by atoms with Gasteiger partial charge < -0.3 is 14.2 Å². The summed E-state index contributed by atoms with van der Waals surface area (Å²) < 4.78 is 6.36. The van der Waals surface area contributed by atoms with Gasteiger partial charge in [-0.1, -0.05) is 92.5 Å². The van der Waals surface area contributed by atoms with E-state index in [2.05, 4.69) is 102 Å². The molecule has 0 spiro atoms.